The van der Waals surface area contributed by atoms with Crippen LogP contribution in [0.25, 0.3) is 17.0 Å². The first-order valence-electron chi connectivity index (χ1n) is 7.91. The van der Waals surface area contributed by atoms with E-state index in [0.29, 0.717) is 6.54 Å². The number of H-pyrrole nitrogens is 1. The van der Waals surface area contributed by atoms with Crippen molar-refractivity contribution in [1.29, 1.82) is 0 Å². The predicted octanol–water partition coefficient (Wildman–Crippen LogP) is 3.55. The highest BCUT2D eigenvalue weighted by Gasteiger charge is 2.05. The van der Waals surface area contributed by atoms with Gasteiger partial charge in [-0.2, -0.15) is 0 Å². The Morgan fingerprint density at radius 2 is 2.04 bits per heavy atom. The second kappa shape index (κ2) is 7.51. The molecule has 4 heteroatoms. The van der Waals surface area contributed by atoms with E-state index in [1.165, 1.54) is 0 Å². The number of amides is 1. The molecule has 0 spiro atoms. The molecule has 0 radical (unpaired) electrons. The molecule has 0 aliphatic carbocycles. The summed E-state index contributed by atoms with van der Waals surface area (Å²) in [6.07, 6.45) is 6.12. The van der Waals surface area contributed by atoms with E-state index in [0.717, 1.165) is 34.2 Å². The van der Waals surface area contributed by atoms with Gasteiger partial charge in [0.15, 0.2) is 0 Å². The molecular weight excluding hydrogens is 300 g/mol. The number of ether oxygens (including phenoxy) is 1. The number of methoxy groups -OCH3 is 1. The van der Waals surface area contributed by atoms with Crippen LogP contribution in [0, 0.1) is 0 Å². The number of hydrogen-bond donors (Lipinski definition) is 2. The third-order valence-corrected chi connectivity index (χ3v) is 3.89. The van der Waals surface area contributed by atoms with Crippen LogP contribution in [-0.4, -0.2) is 24.5 Å². The Morgan fingerprint density at radius 3 is 2.83 bits per heavy atom. The van der Waals surface area contributed by atoms with Gasteiger partial charge in [0.25, 0.3) is 0 Å². The van der Waals surface area contributed by atoms with Crippen molar-refractivity contribution >= 4 is 22.9 Å². The van der Waals surface area contributed by atoms with Crippen LogP contribution in [0.1, 0.15) is 11.1 Å². The fourth-order valence-corrected chi connectivity index (χ4v) is 2.61. The summed E-state index contributed by atoms with van der Waals surface area (Å²) >= 11 is 0. The molecule has 0 fully saturated rings. The normalized spacial score (nSPS) is 11.0. The van der Waals surface area contributed by atoms with Crippen molar-refractivity contribution in [2.24, 2.45) is 0 Å². The van der Waals surface area contributed by atoms with E-state index in [2.05, 4.69) is 10.3 Å². The van der Waals surface area contributed by atoms with E-state index in [9.17, 15) is 4.79 Å². The monoisotopic (exact) mass is 320 g/mol. The highest BCUT2D eigenvalue weighted by atomic mass is 16.5. The van der Waals surface area contributed by atoms with Gasteiger partial charge in [0.05, 0.1) is 7.11 Å². The number of benzene rings is 2. The van der Waals surface area contributed by atoms with Gasteiger partial charge in [-0.25, -0.2) is 0 Å². The van der Waals surface area contributed by atoms with Crippen molar-refractivity contribution in [2.75, 3.05) is 13.7 Å². The Bertz CT molecular complexity index is 850. The van der Waals surface area contributed by atoms with Crippen molar-refractivity contribution in [2.45, 2.75) is 6.42 Å². The van der Waals surface area contributed by atoms with Gasteiger partial charge in [-0.1, -0.05) is 30.3 Å². The second-order valence-electron chi connectivity index (χ2n) is 5.51. The molecule has 1 heterocycles. The van der Waals surface area contributed by atoms with E-state index in [4.69, 9.17) is 4.74 Å². The van der Waals surface area contributed by atoms with Crippen LogP contribution in [0.4, 0.5) is 0 Å². The molecule has 122 valence electrons. The Hall–Kier alpha value is -3.01. The smallest absolute Gasteiger partial charge is 0.244 e. The number of hydrogen-bond acceptors (Lipinski definition) is 2. The largest absolute Gasteiger partial charge is 0.497 e. The molecule has 0 saturated carbocycles. The van der Waals surface area contributed by atoms with E-state index >= 15 is 0 Å². The molecule has 0 aliphatic rings. The lowest BCUT2D eigenvalue weighted by molar-refractivity contribution is -0.116. The zero-order chi connectivity index (χ0) is 16.8. The maximum atomic E-state index is 11.9. The van der Waals surface area contributed by atoms with Crippen molar-refractivity contribution in [3.8, 4) is 5.75 Å². The first-order valence-corrected chi connectivity index (χ1v) is 7.91. The Labute approximate surface area is 141 Å². The molecule has 0 saturated heterocycles. The fraction of sp³-hybridized carbons (Fsp3) is 0.150. The summed E-state index contributed by atoms with van der Waals surface area (Å²) in [5, 5.41) is 4.04. The molecule has 1 aromatic heterocycles. The van der Waals surface area contributed by atoms with Crippen LogP contribution in [-0.2, 0) is 11.2 Å². The van der Waals surface area contributed by atoms with Gasteiger partial charge < -0.3 is 15.0 Å². The van der Waals surface area contributed by atoms with E-state index in [-0.39, 0.29) is 5.91 Å². The quantitative estimate of drug-likeness (QED) is 0.683. The number of fused-ring (bicyclic) bond motifs is 1. The topological polar surface area (TPSA) is 54.1 Å². The lowest BCUT2D eigenvalue weighted by atomic mass is 10.1. The first kappa shape index (κ1) is 15.9. The third-order valence-electron chi connectivity index (χ3n) is 3.89. The molecule has 24 heavy (non-hydrogen) atoms. The molecule has 0 unspecified atom stereocenters. The van der Waals surface area contributed by atoms with Crippen LogP contribution in [0.3, 0.4) is 0 Å². The van der Waals surface area contributed by atoms with Gasteiger partial charge in [-0.05, 0) is 41.8 Å². The lowest BCUT2D eigenvalue weighted by Crippen LogP contribution is -2.23. The second-order valence-corrected chi connectivity index (χ2v) is 5.51. The summed E-state index contributed by atoms with van der Waals surface area (Å²) in [5.41, 5.74) is 3.24. The lowest BCUT2D eigenvalue weighted by Gasteiger charge is -2.03. The summed E-state index contributed by atoms with van der Waals surface area (Å²) in [5.74, 6) is 0.745. The SMILES string of the molecule is COc1ccc2[nH]cc(CCNC(=O)/C=C/c3ccccc3)c2c1. The van der Waals surface area contributed by atoms with Crippen molar-refractivity contribution in [3.05, 3.63) is 71.9 Å². The van der Waals surface area contributed by atoms with Gasteiger partial charge in [-0.15, -0.1) is 0 Å². The molecule has 2 aromatic carbocycles. The predicted molar refractivity (Wildman–Crippen MR) is 97.0 cm³/mol. The number of rotatable bonds is 6. The number of nitrogens with one attached hydrogen (secondary N) is 2. The minimum Gasteiger partial charge on any atom is -0.497 e. The minimum atomic E-state index is -0.0868. The van der Waals surface area contributed by atoms with E-state index in [1.54, 1.807) is 13.2 Å². The van der Waals surface area contributed by atoms with Crippen LogP contribution >= 0.6 is 0 Å². The Balaban J connectivity index is 1.56. The molecule has 3 aromatic rings. The van der Waals surface area contributed by atoms with Gasteiger partial charge >= 0.3 is 0 Å². The summed E-state index contributed by atoms with van der Waals surface area (Å²) in [6, 6.07) is 15.7. The van der Waals surface area contributed by atoms with Crippen LogP contribution < -0.4 is 10.1 Å². The Kier molecular flexibility index (Phi) is 4.96. The molecule has 0 aliphatic heterocycles. The Morgan fingerprint density at radius 1 is 1.21 bits per heavy atom. The molecule has 4 nitrogen and oxygen atoms in total. The van der Waals surface area contributed by atoms with Gasteiger partial charge in [-0.3, -0.25) is 4.79 Å². The standard InChI is InChI=1S/C20H20N2O2/c1-24-17-8-9-19-18(13-17)16(14-22-19)11-12-21-20(23)10-7-15-5-3-2-4-6-15/h2-10,13-14,22H,11-12H2,1H3,(H,21,23)/b10-7+. The van der Waals surface area contributed by atoms with Crippen LogP contribution in [0.5, 0.6) is 5.75 Å². The molecule has 0 bridgehead atoms. The number of carbonyl (C=O) groups is 1. The van der Waals surface area contributed by atoms with Crippen LogP contribution in [0.2, 0.25) is 0 Å². The van der Waals surface area contributed by atoms with Crippen molar-refractivity contribution in [3.63, 3.8) is 0 Å². The zero-order valence-corrected chi connectivity index (χ0v) is 13.6. The summed E-state index contributed by atoms with van der Waals surface area (Å²) in [4.78, 5) is 15.1. The highest BCUT2D eigenvalue weighted by Crippen LogP contribution is 2.23. The third kappa shape index (κ3) is 3.84. The average molecular weight is 320 g/mol. The van der Waals surface area contributed by atoms with Gasteiger partial charge in [0, 0.05) is 29.7 Å². The van der Waals surface area contributed by atoms with E-state index in [1.807, 2.05) is 60.8 Å². The number of aromatic amines is 1. The molecular formula is C20H20N2O2. The molecule has 3 rings (SSSR count). The number of aromatic nitrogens is 1. The first-order chi connectivity index (χ1) is 11.8. The molecule has 1 amide bonds. The van der Waals surface area contributed by atoms with Crippen molar-refractivity contribution in [1.82, 2.24) is 10.3 Å². The summed E-state index contributed by atoms with van der Waals surface area (Å²) in [6.45, 7) is 0.585. The average Bonchev–Trinajstić information content (AvgIpc) is 3.03. The van der Waals surface area contributed by atoms with Crippen molar-refractivity contribution < 1.29 is 9.53 Å². The zero-order valence-electron chi connectivity index (χ0n) is 13.6. The van der Waals surface area contributed by atoms with E-state index < -0.39 is 0 Å². The van der Waals surface area contributed by atoms with Gasteiger partial charge in [0.2, 0.25) is 5.91 Å². The fourth-order valence-electron chi connectivity index (χ4n) is 2.61. The number of carbonyl (C=O) groups excluding carboxylic acids is 1. The minimum absolute atomic E-state index is 0.0868. The maximum Gasteiger partial charge on any atom is 0.244 e. The maximum absolute atomic E-state index is 11.9. The molecule has 2 N–H and O–H groups in total. The van der Waals surface area contributed by atoms with Crippen LogP contribution in [0.15, 0.2) is 60.8 Å². The summed E-state index contributed by atoms with van der Waals surface area (Å²) < 4.78 is 5.27. The highest BCUT2D eigenvalue weighted by molar-refractivity contribution is 5.91. The summed E-state index contributed by atoms with van der Waals surface area (Å²) in [7, 11) is 1.66. The van der Waals surface area contributed by atoms with Gasteiger partial charge in [0.1, 0.15) is 5.75 Å². The molecule has 0 atom stereocenters.